The van der Waals surface area contributed by atoms with Crippen LogP contribution in [0.15, 0.2) is 5.11 Å². The zero-order valence-electron chi connectivity index (χ0n) is 11.3. The number of carbonyl (C=O) groups is 1. The summed E-state index contributed by atoms with van der Waals surface area (Å²) < 4.78 is 5.37. The first-order valence-electron chi connectivity index (χ1n) is 5.90. The van der Waals surface area contributed by atoms with E-state index in [-0.39, 0.29) is 18.2 Å². The van der Waals surface area contributed by atoms with Crippen LogP contribution in [0, 0.1) is 0 Å². The third-order valence-electron chi connectivity index (χ3n) is 2.59. The molecule has 0 radical (unpaired) electrons. The average molecular weight is 272 g/mol. The normalized spacial score (nSPS) is 23.7. The number of nitrogens with zero attached hydrogens (tertiary/aromatic N) is 4. The predicted molar refractivity (Wildman–Crippen MR) is 72.7 cm³/mol. The first-order valence-corrected chi connectivity index (χ1v) is 7.29. The van der Waals surface area contributed by atoms with Gasteiger partial charge in [-0.1, -0.05) is 5.11 Å². The van der Waals surface area contributed by atoms with Crippen molar-refractivity contribution in [3.05, 3.63) is 10.4 Å². The third-order valence-corrected chi connectivity index (χ3v) is 3.31. The second kappa shape index (κ2) is 6.20. The van der Waals surface area contributed by atoms with Gasteiger partial charge in [-0.15, -0.1) is 0 Å². The Hall–Kier alpha value is -1.07. The summed E-state index contributed by atoms with van der Waals surface area (Å²) >= 11 is 1.67. The summed E-state index contributed by atoms with van der Waals surface area (Å²) in [5, 5.41) is 3.71. The van der Waals surface area contributed by atoms with Crippen LogP contribution in [0.4, 0.5) is 4.79 Å². The molecule has 1 rings (SSSR count). The molecule has 1 aliphatic rings. The molecule has 1 heterocycles. The highest BCUT2D eigenvalue weighted by atomic mass is 32.2. The van der Waals surface area contributed by atoms with Crippen LogP contribution in [-0.2, 0) is 4.74 Å². The minimum Gasteiger partial charge on any atom is -0.444 e. The minimum atomic E-state index is -0.502. The summed E-state index contributed by atoms with van der Waals surface area (Å²) in [6, 6.07) is -0.0509. The van der Waals surface area contributed by atoms with Crippen molar-refractivity contribution >= 4 is 17.9 Å². The van der Waals surface area contributed by atoms with Gasteiger partial charge >= 0.3 is 6.09 Å². The Labute approximate surface area is 112 Å². The van der Waals surface area contributed by atoms with Crippen LogP contribution in [0.3, 0.4) is 0 Å². The molecule has 7 heteroatoms. The summed E-state index contributed by atoms with van der Waals surface area (Å²) in [5.41, 5.74) is 7.97. The van der Waals surface area contributed by atoms with E-state index in [1.807, 2.05) is 27.0 Å². The number of amides is 1. The number of hydrogen-bond acceptors (Lipinski definition) is 4. The maximum Gasteiger partial charge on any atom is 0.410 e. The molecule has 0 aliphatic carbocycles. The smallest absolute Gasteiger partial charge is 0.410 e. The summed E-state index contributed by atoms with van der Waals surface area (Å²) in [6.45, 7) is 5.98. The second-order valence-corrected chi connectivity index (χ2v) is 6.25. The van der Waals surface area contributed by atoms with Gasteiger partial charge < -0.3 is 9.64 Å². The number of likely N-dealkylation sites (tertiary alicyclic amines) is 1. The van der Waals surface area contributed by atoms with E-state index in [1.54, 1.807) is 16.7 Å². The van der Waals surface area contributed by atoms with E-state index >= 15 is 0 Å². The minimum absolute atomic E-state index is 0.0883. The number of hydrogen-bond donors (Lipinski definition) is 0. The maximum atomic E-state index is 12.1. The molecule has 0 bridgehead atoms. The van der Waals surface area contributed by atoms with Crippen molar-refractivity contribution in [1.29, 1.82) is 0 Å². The lowest BCUT2D eigenvalue weighted by atomic mass is 10.2. The molecule has 0 spiro atoms. The van der Waals surface area contributed by atoms with Crippen LogP contribution in [-0.4, -0.2) is 47.2 Å². The van der Waals surface area contributed by atoms with Crippen LogP contribution in [0.1, 0.15) is 27.2 Å². The van der Waals surface area contributed by atoms with Crippen molar-refractivity contribution in [1.82, 2.24) is 4.90 Å². The largest absolute Gasteiger partial charge is 0.444 e. The molecule has 102 valence electrons. The Morgan fingerprint density at radius 2 is 2.28 bits per heavy atom. The van der Waals surface area contributed by atoms with Crippen molar-refractivity contribution in [3.8, 4) is 0 Å². The van der Waals surface area contributed by atoms with Crippen LogP contribution in [0.5, 0.6) is 0 Å². The van der Waals surface area contributed by atoms with Crippen molar-refractivity contribution < 1.29 is 9.53 Å². The van der Waals surface area contributed by atoms with Gasteiger partial charge in [0.15, 0.2) is 0 Å². The molecule has 0 saturated carbocycles. The van der Waals surface area contributed by atoms with Crippen LogP contribution < -0.4 is 0 Å². The topological polar surface area (TPSA) is 78.3 Å². The number of azide groups is 1. The highest BCUT2D eigenvalue weighted by Crippen LogP contribution is 2.25. The van der Waals surface area contributed by atoms with Gasteiger partial charge in [-0.05, 0) is 39.0 Å². The first kappa shape index (κ1) is 15.0. The van der Waals surface area contributed by atoms with E-state index in [9.17, 15) is 4.79 Å². The van der Waals surface area contributed by atoms with Crippen LogP contribution >= 0.6 is 11.8 Å². The molecule has 6 nitrogen and oxygen atoms in total. The van der Waals surface area contributed by atoms with Crippen molar-refractivity contribution in [2.24, 2.45) is 5.11 Å². The monoisotopic (exact) mass is 272 g/mol. The molecule has 0 aromatic rings. The molecule has 1 aliphatic heterocycles. The van der Waals surface area contributed by atoms with Gasteiger partial charge in [0.25, 0.3) is 0 Å². The molecular weight excluding hydrogens is 252 g/mol. The highest BCUT2D eigenvalue weighted by Gasteiger charge is 2.36. The summed E-state index contributed by atoms with van der Waals surface area (Å²) in [7, 11) is 0. The first-order chi connectivity index (χ1) is 8.37. The van der Waals surface area contributed by atoms with Crippen molar-refractivity contribution in [2.45, 2.75) is 44.9 Å². The molecule has 0 aromatic heterocycles. The molecule has 18 heavy (non-hydrogen) atoms. The van der Waals surface area contributed by atoms with E-state index in [1.165, 1.54) is 0 Å². The van der Waals surface area contributed by atoms with Crippen LogP contribution in [0.2, 0.25) is 0 Å². The van der Waals surface area contributed by atoms with Gasteiger partial charge in [-0.3, -0.25) is 0 Å². The van der Waals surface area contributed by atoms with Crippen LogP contribution in [0.25, 0.3) is 10.4 Å². The Bertz CT molecular complexity index is 349. The molecule has 1 amide bonds. The Balaban J connectivity index is 2.71. The van der Waals surface area contributed by atoms with Gasteiger partial charge in [0.05, 0.1) is 6.04 Å². The maximum absolute atomic E-state index is 12.1. The fraction of sp³-hybridized carbons (Fsp3) is 0.909. The van der Waals surface area contributed by atoms with Gasteiger partial charge in [0.2, 0.25) is 0 Å². The Morgan fingerprint density at radius 3 is 2.78 bits per heavy atom. The molecule has 0 aromatic carbocycles. The molecule has 0 N–H and O–H groups in total. The molecule has 1 fully saturated rings. The molecule has 1 saturated heterocycles. The predicted octanol–water partition coefficient (Wildman–Crippen LogP) is 3.04. The second-order valence-electron chi connectivity index (χ2n) is 5.34. The lowest BCUT2D eigenvalue weighted by molar-refractivity contribution is 0.0240. The zero-order valence-corrected chi connectivity index (χ0v) is 12.1. The number of carbonyl (C=O) groups excluding carboxylic acids is 1. The standard InChI is InChI=1S/C11H20N4O2S/c1-11(2,3)17-10(16)15-6-8(13-14-12)5-9(15)7-18-4/h8-9H,5-7H2,1-4H3/t8-,9+/m1/s1. The third kappa shape index (κ3) is 4.31. The van der Waals surface area contributed by atoms with Crippen molar-refractivity contribution in [3.63, 3.8) is 0 Å². The fourth-order valence-electron chi connectivity index (χ4n) is 1.94. The quantitative estimate of drug-likeness (QED) is 0.450. The van der Waals surface area contributed by atoms with Gasteiger partial charge in [-0.25, -0.2) is 4.79 Å². The number of thioether (sulfide) groups is 1. The summed E-state index contributed by atoms with van der Waals surface area (Å²) in [5.74, 6) is 0.830. The van der Waals surface area contributed by atoms with E-state index in [0.717, 1.165) is 5.75 Å². The van der Waals surface area contributed by atoms with Gasteiger partial charge in [-0.2, -0.15) is 11.8 Å². The lowest BCUT2D eigenvalue weighted by Crippen LogP contribution is -2.41. The Morgan fingerprint density at radius 1 is 1.61 bits per heavy atom. The highest BCUT2D eigenvalue weighted by molar-refractivity contribution is 7.98. The molecule has 2 atom stereocenters. The summed E-state index contributed by atoms with van der Waals surface area (Å²) in [4.78, 5) is 16.6. The van der Waals surface area contributed by atoms with Crippen molar-refractivity contribution in [2.75, 3.05) is 18.6 Å². The fourth-order valence-corrected chi connectivity index (χ4v) is 2.64. The SMILES string of the molecule is CSC[C@@H]1C[C@@H](N=[N+]=[N-])CN1C(=O)OC(C)(C)C. The molecular formula is C11H20N4O2S. The zero-order chi connectivity index (χ0) is 13.8. The molecule has 0 unspecified atom stereocenters. The Kier molecular flexibility index (Phi) is 5.16. The van der Waals surface area contributed by atoms with E-state index in [0.29, 0.717) is 13.0 Å². The lowest BCUT2D eigenvalue weighted by Gasteiger charge is -2.28. The van der Waals surface area contributed by atoms with E-state index in [4.69, 9.17) is 10.3 Å². The van der Waals surface area contributed by atoms with Gasteiger partial charge in [0, 0.05) is 23.3 Å². The number of ether oxygens (including phenoxy) is 1. The average Bonchev–Trinajstić information content (AvgIpc) is 2.60. The summed E-state index contributed by atoms with van der Waals surface area (Å²) in [6.07, 6.45) is 2.38. The van der Waals surface area contributed by atoms with E-state index in [2.05, 4.69) is 10.0 Å². The van der Waals surface area contributed by atoms with Gasteiger partial charge in [0.1, 0.15) is 5.60 Å². The number of rotatable bonds is 3. The van der Waals surface area contributed by atoms with E-state index < -0.39 is 5.60 Å².